The molecule has 0 radical (unpaired) electrons. The number of hydrogen-bond acceptors (Lipinski definition) is 3. The van der Waals surface area contributed by atoms with E-state index < -0.39 is 6.16 Å². The number of carbonyl (C=O) groups is 1. The zero-order valence-corrected chi connectivity index (χ0v) is 13.8. The Morgan fingerprint density at radius 3 is 2.64 bits per heavy atom. The van der Waals surface area contributed by atoms with E-state index in [1.807, 2.05) is 6.33 Å². The van der Waals surface area contributed by atoms with Crippen LogP contribution in [0, 0.1) is 11.3 Å². The molecular weight excluding hydrogens is 282 g/mol. The highest BCUT2D eigenvalue weighted by Gasteiger charge is 2.38. The molecule has 2 atom stereocenters. The first kappa shape index (κ1) is 18.5. The minimum Gasteiger partial charge on any atom is -0.450 e. The van der Waals surface area contributed by atoms with Crippen molar-refractivity contribution in [1.29, 1.82) is 0 Å². The van der Waals surface area contributed by atoms with Gasteiger partial charge in [-0.1, -0.05) is 20.8 Å². The van der Waals surface area contributed by atoms with Crippen molar-refractivity contribution in [2.24, 2.45) is 17.1 Å². The topological polar surface area (TPSA) is 101 Å². The molecule has 6 nitrogen and oxygen atoms in total. The fourth-order valence-corrected chi connectivity index (χ4v) is 2.46. The Morgan fingerprint density at radius 1 is 1.45 bits per heavy atom. The Morgan fingerprint density at radius 2 is 2.09 bits per heavy atom. The number of aromatic nitrogens is 2. The Balaban J connectivity index is 0.000000541. The summed E-state index contributed by atoms with van der Waals surface area (Å²) in [6, 6.07) is 0. The minimum absolute atomic E-state index is 0.397. The number of nitrogens with zero attached hydrogens (tertiary/aromatic N) is 2. The second-order valence-corrected chi connectivity index (χ2v) is 7.16. The molecule has 22 heavy (non-hydrogen) atoms. The molecule has 1 heterocycles. The maximum atomic E-state index is 8.56. The summed E-state index contributed by atoms with van der Waals surface area (Å²) >= 11 is 0. The molecule has 0 bridgehead atoms. The van der Waals surface area contributed by atoms with Crippen LogP contribution in [-0.4, -0.2) is 32.5 Å². The molecule has 1 aliphatic carbocycles. The standard InChI is InChI=1S/C15H27N3.CH2O3/c1-15(2,3)6-8-18-10-14(17-11-18)13-9-12(13)5-4-7-16;2-1(3)4/h10-13H,4-9,16H2,1-3H3;(H2,2,3,4). The lowest BCUT2D eigenvalue weighted by Crippen LogP contribution is -2.09. The summed E-state index contributed by atoms with van der Waals surface area (Å²) in [5, 5.41) is 13.9. The molecule has 2 rings (SSSR count). The molecule has 0 spiro atoms. The molecule has 1 saturated carbocycles. The van der Waals surface area contributed by atoms with Crippen molar-refractivity contribution in [3.8, 4) is 0 Å². The SMILES string of the molecule is CC(C)(C)CCn1cnc(C2CC2CCCN)c1.O=C(O)O. The second-order valence-electron chi connectivity index (χ2n) is 7.16. The van der Waals surface area contributed by atoms with Crippen molar-refractivity contribution in [2.75, 3.05) is 6.54 Å². The van der Waals surface area contributed by atoms with Crippen molar-refractivity contribution >= 4 is 6.16 Å². The predicted octanol–water partition coefficient (Wildman–Crippen LogP) is 3.38. The summed E-state index contributed by atoms with van der Waals surface area (Å²) in [4.78, 5) is 13.1. The van der Waals surface area contributed by atoms with Crippen LogP contribution in [0.2, 0.25) is 0 Å². The number of imidazole rings is 1. The number of hydrogen-bond donors (Lipinski definition) is 3. The molecule has 0 amide bonds. The fourth-order valence-electron chi connectivity index (χ4n) is 2.46. The van der Waals surface area contributed by atoms with E-state index in [0.29, 0.717) is 11.3 Å². The summed E-state index contributed by atoms with van der Waals surface area (Å²) in [6.45, 7) is 8.76. The molecule has 1 aliphatic rings. The first-order chi connectivity index (χ1) is 10.2. The average molecular weight is 311 g/mol. The summed E-state index contributed by atoms with van der Waals surface area (Å²) in [5.41, 5.74) is 7.25. The van der Waals surface area contributed by atoms with Crippen LogP contribution in [0.4, 0.5) is 4.79 Å². The van der Waals surface area contributed by atoms with Crippen molar-refractivity contribution < 1.29 is 15.0 Å². The van der Waals surface area contributed by atoms with Crippen molar-refractivity contribution in [1.82, 2.24) is 9.55 Å². The van der Waals surface area contributed by atoms with Gasteiger partial charge in [-0.05, 0) is 43.6 Å². The van der Waals surface area contributed by atoms with E-state index in [4.69, 9.17) is 20.7 Å². The highest BCUT2D eigenvalue weighted by Crippen LogP contribution is 2.49. The number of carboxylic acid groups (broad SMARTS) is 2. The number of rotatable bonds is 6. The third-order valence-corrected chi connectivity index (χ3v) is 3.85. The van der Waals surface area contributed by atoms with Gasteiger partial charge in [0.15, 0.2) is 0 Å². The van der Waals surface area contributed by atoms with Crippen LogP contribution >= 0.6 is 0 Å². The van der Waals surface area contributed by atoms with Crippen LogP contribution in [0.3, 0.4) is 0 Å². The zero-order chi connectivity index (χ0) is 16.8. The van der Waals surface area contributed by atoms with Gasteiger partial charge >= 0.3 is 6.16 Å². The van der Waals surface area contributed by atoms with E-state index in [1.54, 1.807) is 0 Å². The molecule has 6 heteroatoms. The monoisotopic (exact) mass is 311 g/mol. The van der Waals surface area contributed by atoms with Gasteiger partial charge in [0.25, 0.3) is 0 Å². The lowest BCUT2D eigenvalue weighted by atomic mass is 9.92. The Bertz CT molecular complexity index is 461. The molecule has 1 fully saturated rings. The van der Waals surface area contributed by atoms with Crippen LogP contribution in [-0.2, 0) is 6.54 Å². The molecule has 1 aromatic rings. The van der Waals surface area contributed by atoms with E-state index in [2.05, 4.69) is 36.5 Å². The summed E-state index contributed by atoms with van der Waals surface area (Å²) in [5.74, 6) is 1.56. The van der Waals surface area contributed by atoms with E-state index in [1.165, 1.54) is 25.0 Å². The molecule has 0 aromatic carbocycles. The van der Waals surface area contributed by atoms with Crippen LogP contribution in [0.15, 0.2) is 12.5 Å². The molecule has 1 aromatic heterocycles. The second kappa shape index (κ2) is 8.17. The van der Waals surface area contributed by atoms with Crippen molar-refractivity contribution in [3.63, 3.8) is 0 Å². The smallest absolute Gasteiger partial charge is 0.450 e. The van der Waals surface area contributed by atoms with Crippen molar-refractivity contribution in [3.05, 3.63) is 18.2 Å². The Kier molecular flexibility index (Phi) is 6.87. The predicted molar refractivity (Wildman–Crippen MR) is 86.1 cm³/mol. The highest BCUT2D eigenvalue weighted by atomic mass is 16.6. The van der Waals surface area contributed by atoms with Gasteiger partial charge in [0.1, 0.15) is 0 Å². The van der Waals surface area contributed by atoms with Gasteiger partial charge in [-0.3, -0.25) is 0 Å². The third kappa shape index (κ3) is 7.45. The van der Waals surface area contributed by atoms with E-state index in [0.717, 1.165) is 25.4 Å². The van der Waals surface area contributed by atoms with Crippen LogP contribution in [0.1, 0.15) is 58.1 Å². The first-order valence-electron chi connectivity index (χ1n) is 7.86. The fraction of sp³-hybridized carbons (Fsp3) is 0.750. The van der Waals surface area contributed by atoms with Gasteiger partial charge in [-0.25, -0.2) is 9.78 Å². The third-order valence-electron chi connectivity index (χ3n) is 3.85. The normalized spacial score (nSPS) is 20.2. The van der Waals surface area contributed by atoms with E-state index >= 15 is 0 Å². The highest BCUT2D eigenvalue weighted by molar-refractivity contribution is 5.53. The van der Waals surface area contributed by atoms with Crippen LogP contribution in [0.25, 0.3) is 0 Å². The molecule has 4 N–H and O–H groups in total. The lowest BCUT2D eigenvalue weighted by molar-refractivity contribution is 0.137. The summed E-state index contributed by atoms with van der Waals surface area (Å²) < 4.78 is 2.25. The van der Waals surface area contributed by atoms with E-state index in [9.17, 15) is 0 Å². The minimum atomic E-state index is -1.83. The molecule has 0 saturated heterocycles. The Labute approximate surface area is 132 Å². The van der Waals surface area contributed by atoms with Gasteiger partial charge in [0.2, 0.25) is 0 Å². The molecule has 0 aliphatic heterocycles. The maximum Gasteiger partial charge on any atom is 0.503 e. The maximum absolute atomic E-state index is 8.56. The molecular formula is C16H29N3O3. The van der Waals surface area contributed by atoms with Gasteiger partial charge in [0.05, 0.1) is 12.0 Å². The van der Waals surface area contributed by atoms with Gasteiger partial charge in [0, 0.05) is 18.7 Å². The largest absolute Gasteiger partial charge is 0.503 e. The molecule has 2 unspecified atom stereocenters. The van der Waals surface area contributed by atoms with Gasteiger partial charge in [-0.2, -0.15) is 0 Å². The average Bonchev–Trinajstić information content (AvgIpc) is 3.00. The van der Waals surface area contributed by atoms with Crippen LogP contribution in [0.5, 0.6) is 0 Å². The van der Waals surface area contributed by atoms with Crippen molar-refractivity contribution in [2.45, 2.75) is 58.9 Å². The van der Waals surface area contributed by atoms with Gasteiger partial charge < -0.3 is 20.5 Å². The quantitative estimate of drug-likeness (QED) is 0.747. The summed E-state index contributed by atoms with van der Waals surface area (Å²) in [7, 11) is 0. The number of aryl methyl sites for hydroxylation is 1. The first-order valence-corrected chi connectivity index (χ1v) is 7.86. The Hall–Kier alpha value is -1.56. The van der Waals surface area contributed by atoms with E-state index in [-0.39, 0.29) is 0 Å². The number of nitrogens with two attached hydrogens (primary N) is 1. The summed E-state index contributed by atoms with van der Waals surface area (Å²) in [6.07, 6.45) is 7.36. The van der Waals surface area contributed by atoms with Gasteiger partial charge in [-0.15, -0.1) is 0 Å². The zero-order valence-electron chi connectivity index (χ0n) is 13.8. The van der Waals surface area contributed by atoms with Crippen LogP contribution < -0.4 is 5.73 Å². The molecule has 126 valence electrons. The lowest BCUT2D eigenvalue weighted by Gasteiger charge is -2.17.